The SMILES string of the molecule is CCCCOc1ccc(-c2cc3c(=O)n(Cc4nc(-c5ccc(C)cc5)oc4C)ccn3n2)cc1. The second-order valence-electron chi connectivity index (χ2n) is 8.70. The number of fused-ring (bicyclic) bond motifs is 1. The number of rotatable bonds is 8. The molecule has 7 heteroatoms. The zero-order valence-electron chi connectivity index (χ0n) is 20.2. The van der Waals surface area contributed by atoms with Crippen LogP contribution < -0.4 is 10.3 Å². The summed E-state index contributed by atoms with van der Waals surface area (Å²) in [6.07, 6.45) is 5.65. The van der Waals surface area contributed by atoms with Crippen molar-refractivity contribution in [1.29, 1.82) is 0 Å². The van der Waals surface area contributed by atoms with Gasteiger partial charge >= 0.3 is 0 Å². The molecule has 0 aliphatic heterocycles. The van der Waals surface area contributed by atoms with Gasteiger partial charge in [-0.1, -0.05) is 31.0 Å². The van der Waals surface area contributed by atoms with E-state index < -0.39 is 0 Å². The Balaban J connectivity index is 1.39. The molecule has 0 saturated carbocycles. The van der Waals surface area contributed by atoms with E-state index in [9.17, 15) is 4.79 Å². The van der Waals surface area contributed by atoms with E-state index >= 15 is 0 Å². The lowest BCUT2D eigenvalue weighted by atomic mass is 10.1. The van der Waals surface area contributed by atoms with Gasteiger partial charge in [0.05, 0.1) is 18.8 Å². The minimum absolute atomic E-state index is 0.134. The number of ether oxygens (including phenoxy) is 1. The van der Waals surface area contributed by atoms with E-state index in [1.54, 1.807) is 21.5 Å². The fourth-order valence-corrected chi connectivity index (χ4v) is 3.90. The molecule has 178 valence electrons. The van der Waals surface area contributed by atoms with Crippen molar-refractivity contribution in [3.63, 3.8) is 0 Å². The summed E-state index contributed by atoms with van der Waals surface area (Å²) in [5, 5.41) is 4.59. The number of unbranched alkanes of at least 4 members (excludes halogenated alkanes) is 1. The molecule has 0 spiro atoms. The van der Waals surface area contributed by atoms with E-state index in [-0.39, 0.29) is 5.56 Å². The van der Waals surface area contributed by atoms with Crippen molar-refractivity contribution in [2.24, 2.45) is 0 Å². The van der Waals surface area contributed by atoms with Crippen molar-refractivity contribution < 1.29 is 9.15 Å². The van der Waals surface area contributed by atoms with Crippen LogP contribution in [0.5, 0.6) is 5.75 Å². The standard InChI is InChI=1S/C28H28N4O3/c1-4-5-16-34-23-12-10-21(11-13-23)24-17-26-28(33)31(14-15-32(26)30-24)18-25-20(3)35-27(29-25)22-8-6-19(2)7-9-22/h6-15,17H,4-5,16,18H2,1-3H3. The minimum Gasteiger partial charge on any atom is -0.494 e. The Hall–Kier alpha value is -4.13. The van der Waals surface area contributed by atoms with Gasteiger partial charge in [0.2, 0.25) is 5.89 Å². The van der Waals surface area contributed by atoms with Crippen LogP contribution >= 0.6 is 0 Å². The number of hydrogen-bond donors (Lipinski definition) is 0. The van der Waals surface area contributed by atoms with Crippen molar-refractivity contribution in [1.82, 2.24) is 19.2 Å². The molecule has 2 aromatic carbocycles. The lowest BCUT2D eigenvalue weighted by molar-refractivity contribution is 0.309. The van der Waals surface area contributed by atoms with Crippen LogP contribution in [-0.2, 0) is 6.54 Å². The minimum atomic E-state index is -0.134. The molecule has 0 atom stereocenters. The summed E-state index contributed by atoms with van der Waals surface area (Å²) in [5.41, 5.74) is 4.85. The van der Waals surface area contributed by atoms with Gasteiger partial charge in [-0.3, -0.25) is 4.79 Å². The van der Waals surface area contributed by atoms with E-state index in [4.69, 9.17) is 9.15 Å². The normalized spacial score (nSPS) is 11.3. The molecule has 0 fully saturated rings. The van der Waals surface area contributed by atoms with Crippen LogP contribution in [0, 0.1) is 13.8 Å². The smallest absolute Gasteiger partial charge is 0.276 e. The lowest BCUT2D eigenvalue weighted by Crippen LogP contribution is -2.22. The zero-order valence-corrected chi connectivity index (χ0v) is 20.2. The second kappa shape index (κ2) is 9.62. The number of hydrogen-bond acceptors (Lipinski definition) is 5. The Kier molecular flexibility index (Phi) is 6.23. The average Bonchev–Trinajstić information content (AvgIpc) is 3.46. The highest BCUT2D eigenvalue weighted by atomic mass is 16.5. The van der Waals surface area contributed by atoms with Crippen molar-refractivity contribution in [3.05, 3.63) is 94.4 Å². The fraction of sp³-hybridized carbons (Fsp3) is 0.250. The van der Waals surface area contributed by atoms with Crippen molar-refractivity contribution in [3.8, 4) is 28.5 Å². The maximum atomic E-state index is 13.2. The molecule has 35 heavy (non-hydrogen) atoms. The third-order valence-corrected chi connectivity index (χ3v) is 6.03. The van der Waals surface area contributed by atoms with Crippen LogP contribution in [0.25, 0.3) is 28.2 Å². The zero-order chi connectivity index (χ0) is 24.4. The number of nitrogens with zero attached hydrogens (tertiary/aromatic N) is 4. The summed E-state index contributed by atoms with van der Waals surface area (Å²) in [6, 6.07) is 17.6. The molecule has 5 rings (SSSR count). The third kappa shape index (κ3) is 4.75. The van der Waals surface area contributed by atoms with Crippen LogP contribution in [0.3, 0.4) is 0 Å². The summed E-state index contributed by atoms with van der Waals surface area (Å²) in [5.74, 6) is 2.09. The highest BCUT2D eigenvalue weighted by molar-refractivity contribution is 5.66. The first-order chi connectivity index (χ1) is 17.0. The molecule has 0 aliphatic carbocycles. The quantitative estimate of drug-likeness (QED) is 0.275. The summed E-state index contributed by atoms with van der Waals surface area (Å²) in [4.78, 5) is 17.9. The number of aromatic nitrogens is 4. The van der Waals surface area contributed by atoms with Crippen LogP contribution in [-0.4, -0.2) is 25.8 Å². The van der Waals surface area contributed by atoms with Gasteiger partial charge in [-0.25, -0.2) is 9.50 Å². The van der Waals surface area contributed by atoms with Crippen LogP contribution in [0.1, 0.15) is 36.8 Å². The molecule has 3 heterocycles. The molecule has 0 radical (unpaired) electrons. The largest absolute Gasteiger partial charge is 0.494 e. The molecule has 0 amide bonds. The highest BCUT2D eigenvalue weighted by Crippen LogP contribution is 2.24. The van der Waals surface area contributed by atoms with E-state index in [2.05, 4.69) is 17.0 Å². The van der Waals surface area contributed by atoms with Gasteiger partial charge in [-0.15, -0.1) is 0 Å². The van der Waals surface area contributed by atoms with Crippen molar-refractivity contribution >= 4 is 5.52 Å². The summed E-state index contributed by atoms with van der Waals surface area (Å²) >= 11 is 0. The Morgan fingerprint density at radius 1 is 0.971 bits per heavy atom. The molecular weight excluding hydrogens is 440 g/mol. The van der Waals surface area contributed by atoms with Gasteiger partial charge in [0.1, 0.15) is 22.7 Å². The topological polar surface area (TPSA) is 74.6 Å². The average molecular weight is 469 g/mol. The predicted molar refractivity (Wildman–Crippen MR) is 136 cm³/mol. The van der Waals surface area contributed by atoms with Gasteiger partial charge < -0.3 is 13.7 Å². The van der Waals surface area contributed by atoms with E-state index in [0.29, 0.717) is 30.3 Å². The number of oxazole rings is 1. The number of aryl methyl sites for hydroxylation is 2. The van der Waals surface area contributed by atoms with Crippen LogP contribution in [0.4, 0.5) is 0 Å². The molecule has 0 unspecified atom stereocenters. The van der Waals surface area contributed by atoms with Crippen LogP contribution in [0.2, 0.25) is 0 Å². The summed E-state index contributed by atoms with van der Waals surface area (Å²) in [7, 11) is 0. The van der Waals surface area contributed by atoms with Crippen LogP contribution in [0.15, 0.2) is 76.2 Å². The van der Waals surface area contributed by atoms with Gasteiger partial charge in [0.15, 0.2) is 0 Å². The first-order valence-corrected chi connectivity index (χ1v) is 11.9. The predicted octanol–water partition coefficient (Wildman–Crippen LogP) is 5.66. The molecule has 7 nitrogen and oxygen atoms in total. The first kappa shape index (κ1) is 22.7. The Bertz CT molecular complexity index is 1510. The summed E-state index contributed by atoms with van der Waals surface area (Å²) in [6.45, 7) is 7.08. The molecule has 3 aromatic heterocycles. The van der Waals surface area contributed by atoms with Gasteiger partial charge in [0, 0.05) is 23.5 Å². The highest BCUT2D eigenvalue weighted by Gasteiger charge is 2.15. The first-order valence-electron chi connectivity index (χ1n) is 11.9. The maximum absolute atomic E-state index is 13.2. The maximum Gasteiger partial charge on any atom is 0.276 e. The van der Waals surface area contributed by atoms with E-state index in [1.807, 2.05) is 68.4 Å². The van der Waals surface area contributed by atoms with E-state index in [1.165, 1.54) is 5.56 Å². The van der Waals surface area contributed by atoms with E-state index in [0.717, 1.165) is 41.1 Å². The third-order valence-electron chi connectivity index (χ3n) is 6.03. The molecule has 0 aliphatic rings. The number of benzene rings is 2. The molecule has 0 saturated heterocycles. The fourth-order valence-electron chi connectivity index (χ4n) is 3.90. The Labute approximate surface area is 203 Å². The monoisotopic (exact) mass is 468 g/mol. The lowest BCUT2D eigenvalue weighted by Gasteiger charge is -2.05. The Morgan fingerprint density at radius 2 is 1.71 bits per heavy atom. The van der Waals surface area contributed by atoms with Gasteiger partial charge in [0.25, 0.3) is 5.56 Å². The molecule has 5 aromatic rings. The molecule has 0 bridgehead atoms. The molecular formula is C28H28N4O3. The van der Waals surface area contributed by atoms with Crippen molar-refractivity contribution in [2.75, 3.05) is 6.61 Å². The molecule has 0 N–H and O–H groups in total. The second-order valence-corrected chi connectivity index (χ2v) is 8.70. The summed E-state index contributed by atoms with van der Waals surface area (Å²) < 4.78 is 14.9. The van der Waals surface area contributed by atoms with Crippen molar-refractivity contribution in [2.45, 2.75) is 40.2 Å². The Morgan fingerprint density at radius 3 is 2.46 bits per heavy atom. The van der Waals surface area contributed by atoms with Gasteiger partial charge in [-0.2, -0.15) is 5.10 Å². The van der Waals surface area contributed by atoms with Gasteiger partial charge in [-0.05, 0) is 62.7 Å².